The number of guanidine groups is 1. The Morgan fingerprint density at radius 2 is 1.96 bits per heavy atom. The Labute approximate surface area is 179 Å². The van der Waals surface area contributed by atoms with Crippen molar-refractivity contribution < 1.29 is 17.5 Å². The van der Waals surface area contributed by atoms with Gasteiger partial charge in [-0.05, 0) is 41.5 Å². The summed E-state index contributed by atoms with van der Waals surface area (Å²) in [6, 6.07) is 8.92. The number of ether oxygens (including phenoxy) is 1. The molecule has 27 heavy (non-hydrogen) atoms. The van der Waals surface area contributed by atoms with Gasteiger partial charge >= 0.3 is 0 Å². The molecule has 0 aliphatic carbocycles. The standard InChI is InChI=1S/C17H19ClFN3O3S.HI/c1-25-16-6-5-14(8-15(16)18)22-17(20)21-9-12-7-13(19)4-3-11(12)10-26(2,23)24;/h3-8H,9-10H2,1-2H3,(H3,20,21,22);1H. The lowest BCUT2D eigenvalue weighted by atomic mass is 10.1. The highest BCUT2D eigenvalue weighted by Gasteiger charge is 2.10. The maximum absolute atomic E-state index is 13.5. The maximum atomic E-state index is 13.5. The number of hydrogen-bond acceptors (Lipinski definition) is 4. The highest BCUT2D eigenvalue weighted by atomic mass is 127. The van der Waals surface area contributed by atoms with Crippen LogP contribution in [0.2, 0.25) is 5.02 Å². The van der Waals surface area contributed by atoms with Crippen LogP contribution < -0.4 is 15.8 Å². The number of nitrogens with one attached hydrogen (secondary N) is 1. The van der Waals surface area contributed by atoms with Gasteiger partial charge in [0, 0.05) is 11.9 Å². The van der Waals surface area contributed by atoms with Crippen molar-refractivity contribution in [3.8, 4) is 5.75 Å². The molecule has 0 aliphatic rings. The van der Waals surface area contributed by atoms with Crippen molar-refractivity contribution in [3.05, 3.63) is 58.4 Å². The molecule has 148 valence electrons. The lowest BCUT2D eigenvalue weighted by Crippen LogP contribution is -2.22. The number of nitrogens with two attached hydrogens (primary N) is 1. The minimum atomic E-state index is -3.26. The van der Waals surface area contributed by atoms with Gasteiger partial charge in [-0.25, -0.2) is 17.8 Å². The summed E-state index contributed by atoms with van der Waals surface area (Å²) < 4.78 is 41.6. The van der Waals surface area contributed by atoms with Gasteiger partial charge in [-0.1, -0.05) is 17.7 Å². The van der Waals surface area contributed by atoms with E-state index in [1.807, 2.05) is 0 Å². The fourth-order valence-electron chi connectivity index (χ4n) is 2.27. The zero-order valence-electron chi connectivity index (χ0n) is 14.7. The molecule has 0 saturated heterocycles. The molecular formula is C17H20ClFIN3O3S. The van der Waals surface area contributed by atoms with Crippen LogP contribution in [0.4, 0.5) is 10.1 Å². The predicted octanol–water partition coefficient (Wildman–Crippen LogP) is 3.58. The molecule has 6 nitrogen and oxygen atoms in total. The summed E-state index contributed by atoms with van der Waals surface area (Å²) in [5.41, 5.74) is 7.38. The van der Waals surface area contributed by atoms with Gasteiger partial charge in [-0.3, -0.25) is 0 Å². The number of anilines is 1. The van der Waals surface area contributed by atoms with Crippen LogP contribution in [0.15, 0.2) is 41.4 Å². The van der Waals surface area contributed by atoms with E-state index in [4.69, 9.17) is 22.1 Å². The molecule has 0 atom stereocenters. The molecular weight excluding hydrogens is 508 g/mol. The van der Waals surface area contributed by atoms with Crippen LogP contribution in [0.25, 0.3) is 0 Å². The minimum Gasteiger partial charge on any atom is -0.495 e. The Bertz CT molecular complexity index is 939. The number of halogens is 3. The molecule has 0 saturated carbocycles. The zero-order chi connectivity index (χ0) is 19.3. The molecule has 0 amide bonds. The van der Waals surface area contributed by atoms with E-state index >= 15 is 0 Å². The van der Waals surface area contributed by atoms with E-state index in [1.165, 1.54) is 25.3 Å². The summed E-state index contributed by atoms with van der Waals surface area (Å²) in [7, 11) is -1.74. The summed E-state index contributed by atoms with van der Waals surface area (Å²) in [5.74, 6) is -0.0563. The van der Waals surface area contributed by atoms with E-state index in [2.05, 4.69) is 10.3 Å². The van der Waals surface area contributed by atoms with Crippen molar-refractivity contribution in [2.24, 2.45) is 10.7 Å². The second-order valence-electron chi connectivity index (χ2n) is 5.66. The summed E-state index contributed by atoms with van der Waals surface area (Å²) in [4.78, 5) is 4.14. The highest BCUT2D eigenvalue weighted by Crippen LogP contribution is 2.27. The molecule has 2 aromatic rings. The number of sulfone groups is 1. The SMILES string of the molecule is COc1ccc(NC(N)=NCc2cc(F)ccc2CS(C)(=O)=O)cc1Cl.I. The second kappa shape index (κ2) is 10.1. The molecule has 0 heterocycles. The fourth-order valence-corrected chi connectivity index (χ4v) is 3.37. The van der Waals surface area contributed by atoms with Gasteiger partial charge in [0.1, 0.15) is 11.6 Å². The summed E-state index contributed by atoms with van der Waals surface area (Å²) in [6.45, 7) is 0.0331. The van der Waals surface area contributed by atoms with Crippen LogP contribution in [0, 0.1) is 5.82 Å². The molecule has 0 unspecified atom stereocenters. The first-order valence-corrected chi connectivity index (χ1v) is 9.97. The third-order valence-electron chi connectivity index (χ3n) is 3.43. The monoisotopic (exact) mass is 527 g/mol. The third-order valence-corrected chi connectivity index (χ3v) is 4.56. The van der Waals surface area contributed by atoms with E-state index < -0.39 is 15.7 Å². The van der Waals surface area contributed by atoms with Gasteiger partial charge in [-0.2, -0.15) is 0 Å². The first-order valence-electron chi connectivity index (χ1n) is 7.53. The normalized spacial score (nSPS) is 11.6. The van der Waals surface area contributed by atoms with Crippen molar-refractivity contribution in [1.82, 2.24) is 0 Å². The van der Waals surface area contributed by atoms with Gasteiger partial charge in [0.15, 0.2) is 15.8 Å². The van der Waals surface area contributed by atoms with Crippen LogP contribution in [0.3, 0.4) is 0 Å². The molecule has 2 aromatic carbocycles. The van der Waals surface area contributed by atoms with Gasteiger partial charge in [-0.15, -0.1) is 24.0 Å². The number of hydrogen-bond donors (Lipinski definition) is 2. The number of rotatable bonds is 6. The Morgan fingerprint density at radius 3 is 2.56 bits per heavy atom. The van der Waals surface area contributed by atoms with Crippen molar-refractivity contribution in [1.29, 1.82) is 0 Å². The first-order chi connectivity index (χ1) is 12.2. The highest BCUT2D eigenvalue weighted by molar-refractivity contribution is 14.0. The lowest BCUT2D eigenvalue weighted by molar-refractivity contribution is 0.415. The number of aliphatic imine (C=N–C) groups is 1. The molecule has 10 heteroatoms. The Kier molecular flexibility index (Phi) is 8.76. The van der Waals surface area contributed by atoms with Crippen LogP contribution in [0.1, 0.15) is 11.1 Å². The van der Waals surface area contributed by atoms with Crippen molar-refractivity contribution >= 4 is 57.1 Å². The number of benzene rings is 2. The minimum absolute atomic E-state index is 0. The topological polar surface area (TPSA) is 93.8 Å². The van der Waals surface area contributed by atoms with Crippen LogP contribution >= 0.6 is 35.6 Å². The van der Waals surface area contributed by atoms with Gasteiger partial charge in [0.2, 0.25) is 0 Å². The van der Waals surface area contributed by atoms with E-state index in [1.54, 1.807) is 18.2 Å². The van der Waals surface area contributed by atoms with E-state index in [-0.39, 0.29) is 42.2 Å². The molecule has 0 bridgehead atoms. The zero-order valence-corrected chi connectivity index (χ0v) is 18.6. The van der Waals surface area contributed by atoms with E-state index in [0.717, 1.165) is 6.26 Å². The Hall–Kier alpha value is -1.59. The fraction of sp³-hybridized carbons (Fsp3) is 0.235. The Balaban J connectivity index is 0.00000364. The van der Waals surface area contributed by atoms with Gasteiger partial charge in [0.25, 0.3) is 0 Å². The average Bonchev–Trinajstić information content (AvgIpc) is 2.54. The summed E-state index contributed by atoms with van der Waals surface area (Å²) >= 11 is 6.04. The van der Waals surface area contributed by atoms with Crippen molar-refractivity contribution in [2.75, 3.05) is 18.7 Å². The molecule has 2 rings (SSSR count). The summed E-state index contributed by atoms with van der Waals surface area (Å²) in [6.07, 6.45) is 1.12. The quantitative estimate of drug-likeness (QED) is 0.340. The molecule has 0 spiro atoms. The van der Waals surface area contributed by atoms with Crippen LogP contribution in [-0.4, -0.2) is 27.7 Å². The van der Waals surface area contributed by atoms with Gasteiger partial charge < -0.3 is 15.8 Å². The van der Waals surface area contributed by atoms with Crippen molar-refractivity contribution in [3.63, 3.8) is 0 Å². The van der Waals surface area contributed by atoms with Crippen molar-refractivity contribution in [2.45, 2.75) is 12.3 Å². The number of nitrogens with zero attached hydrogens (tertiary/aromatic N) is 1. The van der Waals surface area contributed by atoms with Crippen LogP contribution in [0.5, 0.6) is 5.75 Å². The van der Waals surface area contributed by atoms with E-state index in [9.17, 15) is 12.8 Å². The predicted molar refractivity (Wildman–Crippen MR) is 117 cm³/mol. The third kappa shape index (κ3) is 7.51. The maximum Gasteiger partial charge on any atom is 0.193 e. The average molecular weight is 528 g/mol. The molecule has 0 fully saturated rings. The first kappa shape index (κ1) is 23.4. The molecule has 0 aliphatic heterocycles. The second-order valence-corrected chi connectivity index (χ2v) is 8.21. The lowest BCUT2D eigenvalue weighted by Gasteiger charge is -2.10. The molecule has 0 radical (unpaired) electrons. The Morgan fingerprint density at radius 1 is 1.26 bits per heavy atom. The van der Waals surface area contributed by atoms with E-state index in [0.29, 0.717) is 27.6 Å². The molecule has 0 aromatic heterocycles. The summed E-state index contributed by atoms with van der Waals surface area (Å²) in [5, 5.41) is 3.27. The largest absolute Gasteiger partial charge is 0.495 e. The smallest absolute Gasteiger partial charge is 0.193 e. The molecule has 3 N–H and O–H groups in total. The van der Waals surface area contributed by atoms with Gasteiger partial charge in [0.05, 0.1) is 24.4 Å². The number of methoxy groups -OCH3 is 1. The van der Waals surface area contributed by atoms with Crippen LogP contribution in [-0.2, 0) is 22.1 Å².